The molecule has 94 valence electrons. The average Bonchev–Trinajstić information content (AvgIpc) is 2.26. The molecule has 1 aromatic rings. The summed E-state index contributed by atoms with van der Waals surface area (Å²) in [6, 6.07) is 3.83. The lowest BCUT2D eigenvalue weighted by Gasteiger charge is -2.05. The number of aliphatic hydroxyl groups excluding tert-OH is 1. The lowest BCUT2D eigenvalue weighted by atomic mass is 10.2. The highest BCUT2D eigenvalue weighted by molar-refractivity contribution is 9.10. The lowest BCUT2D eigenvalue weighted by molar-refractivity contribution is 0.0695. The van der Waals surface area contributed by atoms with Crippen LogP contribution in [0.1, 0.15) is 16.8 Å². The van der Waals surface area contributed by atoms with Crippen molar-refractivity contribution in [2.24, 2.45) is 0 Å². The predicted molar refractivity (Wildman–Crippen MR) is 64.9 cm³/mol. The molecule has 0 bridgehead atoms. The van der Waals surface area contributed by atoms with E-state index in [0.717, 1.165) is 6.07 Å². The number of rotatable bonds is 5. The van der Waals surface area contributed by atoms with Crippen LogP contribution in [0, 0.1) is 0 Å². The molecule has 7 heteroatoms. The largest absolute Gasteiger partial charge is 0.478 e. The predicted octanol–water partition coefficient (Wildman–Crippen LogP) is 1.30. The van der Waals surface area contributed by atoms with Gasteiger partial charge in [0.05, 0.1) is 16.2 Å². The Morgan fingerprint density at radius 1 is 1.35 bits per heavy atom. The number of carbonyl (C=O) groups is 1. The van der Waals surface area contributed by atoms with Crippen LogP contribution < -0.4 is 0 Å². The fourth-order valence-corrected chi connectivity index (χ4v) is 2.97. The van der Waals surface area contributed by atoms with Crippen LogP contribution in [0.3, 0.4) is 0 Å². The molecule has 0 amide bonds. The molecule has 0 atom stereocenters. The molecule has 0 aliphatic carbocycles. The molecular weight excluding hydrogens is 312 g/mol. The van der Waals surface area contributed by atoms with Crippen molar-refractivity contribution in [1.29, 1.82) is 0 Å². The van der Waals surface area contributed by atoms with E-state index >= 15 is 0 Å². The van der Waals surface area contributed by atoms with Gasteiger partial charge >= 0.3 is 5.97 Å². The zero-order chi connectivity index (χ0) is 13.1. The molecule has 1 rings (SSSR count). The molecule has 0 aromatic heterocycles. The molecule has 0 heterocycles. The third-order valence-corrected chi connectivity index (χ3v) is 4.59. The Kier molecular flexibility index (Phi) is 4.67. The van der Waals surface area contributed by atoms with E-state index in [1.165, 1.54) is 12.1 Å². The topological polar surface area (TPSA) is 91.7 Å². The van der Waals surface area contributed by atoms with E-state index in [1.807, 2.05) is 0 Å². The number of carboxylic acid groups (broad SMARTS) is 1. The van der Waals surface area contributed by atoms with E-state index in [4.69, 9.17) is 10.2 Å². The second kappa shape index (κ2) is 5.61. The molecule has 0 fully saturated rings. The van der Waals surface area contributed by atoms with Crippen LogP contribution in [0.15, 0.2) is 27.6 Å². The van der Waals surface area contributed by atoms with Crippen molar-refractivity contribution < 1.29 is 23.4 Å². The van der Waals surface area contributed by atoms with Crippen LogP contribution in [0.5, 0.6) is 0 Å². The molecule has 0 spiro atoms. The molecule has 0 radical (unpaired) electrons. The Balaban J connectivity index is 3.16. The number of halogens is 1. The highest BCUT2D eigenvalue weighted by atomic mass is 79.9. The van der Waals surface area contributed by atoms with E-state index < -0.39 is 15.8 Å². The van der Waals surface area contributed by atoms with Gasteiger partial charge in [-0.1, -0.05) is 0 Å². The van der Waals surface area contributed by atoms with Gasteiger partial charge in [-0.3, -0.25) is 0 Å². The van der Waals surface area contributed by atoms with Gasteiger partial charge in [0.2, 0.25) is 0 Å². The van der Waals surface area contributed by atoms with E-state index in [9.17, 15) is 13.2 Å². The standard InChI is InChI=1S/C10H11BrO5S/c11-9-3-2-7(6-8(9)10(13)14)17(15,16)5-1-4-12/h2-3,6,12H,1,4-5H2,(H,13,14). The summed E-state index contributed by atoms with van der Waals surface area (Å²) in [5, 5.41) is 17.5. The van der Waals surface area contributed by atoms with Gasteiger partial charge in [0.1, 0.15) is 0 Å². The highest BCUT2D eigenvalue weighted by Gasteiger charge is 2.17. The van der Waals surface area contributed by atoms with Crippen molar-refractivity contribution in [3.8, 4) is 0 Å². The number of benzene rings is 1. The minimum absolute atomic E-state index is 0.0495. The monoisotopic (exact) mass is 322 g/mol. The smallest absolute Gasteiger partial charge is 0.336 e. The Morgan fingerprint density at radius 3 is 2.53 bits per heavy atom. The maximum absolute atomic E-state index is 11.8. The second-order valence-corrected chi connectivity index (χ2v) is 6.31. The Labute approximate surface area is 107 Å². The summed E-state index contributed by atoms with van der Waals surface area (Å²) in [5.74, 6) is -1.40. The molecule has 17 heavy (non-hydrogen) atoms. The summed E-state index contributed by atoms with van der Waals surface area (Å²) >= 11 is 3.03. The van der Waals surface area contributed by atoms with Crippen LogP contribution in [0.4, 0.5) is 0 Å². The van der Waals surface area contributed by atoms with E-state index in [2.05, 4.69) is 15.9 Å². The first kappa shape index (κ1) is 14.1. The van der Waals surface area contributed by atoms with Crippen molar-refractivity contribution in [3.05, 3.63) is 28.2 Å². The van der Waals surface area contributed by atoms with Crippen LogP contribution >= 0.6 is 15.9 Å². The Hall–Kier alpha value is -0.920. The molecule has 0 aliphatic heterocycles. The Bertz CT molecular complexity index is 523. The number of aliphatic hydroxyl groups is 1. The fraction of sp³-hybridized carbons (Fsp3) is 0.300. The van der Waals surface area contributed by atoms with Gasteiger partial charge in [-0.15, -0.1) is 0 Å². The summed E-state index contributed by atoms with van der Waals surface area (Å²) < 4.78 is 23.8. The van der Waals surface area contributed by atoms with Crippen molar-refractivity contribution in [3.63, 3.8) is 0 Å². The van der Waals surface area contributed by atoms with E-state index in [0.29, 0.717) is 4.47 Å². The second-order valence-electron chi connectivity index (χ2n) is 3.34. The molecule has 0 saturated carbocycles. The number of carboxylic acids is 1. The van der Waals surface area contributed by atoms with Crippen molar-refractivity contribution >= 4 is 31.7 Å². The summed E-state index contributed by atoms with van der Waals surface area (Å²) in [7, 11) is -3.54. The minimum Gasteiger partial charge on any atom is -0.478 e. The number of hydrogen-bond acceptors (Lipinski definition) is 4. The number of hydrogen-bond donors (Lipinski definition) is 2. The van der Waals surface area contributed by atoms with Crippen molar-refractivity contribution in [2.45, 2.75) is 11.3 Å². The van der Waals surface area contributed by atoms with Crippen LogP contribution in [-0.2, 0) is 9.84 Å². The number of aromatic carboxylic acids is 1. The normalized spacial score (nSPS) is 11.4. The molecular formula is C10H11BrO5S. The molecule has 2 N–H and O–H groups in total. The van der Waals surface area contributed by atoms with E-state index in [1.54, 1.807) is 0 Å². The zero-order valence-corrected chi connectivity index (χ0v) is 11.2. The molecule has 0 aliphatic rings. The van der Waals surface area contributed by atoms with Gasteiger partial charge in [0.15, 0.2) is 9.84 Å². The van der Waals surface area contributed by atoms with Crippen LogP contribution in [-0.4, -0.2) is 37.0 Å². The van der Waals surface area contributed by atoms with Crippen molar-refractivity contribution in [2.75, 3.05) is 12.4 Å². The summed E-state index contributed by atoms with van der Waals surface area (Å²) in [5.41, 5.74) is -0.102. The third kappa shape index (κ3) is 3.52. The molecule has 5 nitrogen and oxygen atoms in total. The van der Waals surface area contributed by atoms with Crippen LogP contribution in [0.25, 0.3) is 0 Å². The van der Waals surface area contributed by atoms with Gasteiger partial charge in [-0.05, 0) is 40.5 Å². The summed E-state index contributed by atoms with van der Waals surface area (Å²) in [6.45, 7) is -0.221. The fourth-order valence-electron chi connectivity index (χ4n) is 1.23. The molecule has 0 unspecified atom stereocenters. The highest BCUT2D eigenvalue weighted by Crippen LogP contribution is 2.22. The maximum Gasteiger partial charge on any atom is 0.336 e. The van der Waals surface area contributed by atoms with Gasteiger partial charge < -0.3 is 10.2 Å². The first-order valence-corrected chi connectivity index (χ1v) is 7.19. The van der Waals surface area contributed by atoms with E-state index in [-0.39, 0.29) is 29.2 Å². The first-order chi connectivity index (χ1) is 7.88. The minimum atomic E-state index is -3.54. The van der Waals surface area contributed by atoms with Gasteiger partial charge in [-0.2, -0.15) is 0 Å². The SMILES string of the molecule is O=C(O)c1cc(S(=O)(=O)CCCO)ccc1Br. The molecule has 1 aromatic carbocycles. The summed E-state index contributed by atoms with van der Waals surface area (Å²) in [6.07, 6.45) is 0.126. The quantitative estimate of drug-likeness (QED) is 0.852. The van der Waals surface area contributed by atoms with Gasteiger partial charge in [0.25, 0.3) is 0 Å². The Morgan fingerprint density at radius 2 is 2.00 bits per heavy atom. The van der Waals surface area contributed by atoms with Crippen molar-refractivity contribution in [1.82, 2.24) is 0 Å². The third-order valence-electron chi connectivity index (χ3n) is 2.10. The lowest BCUT2D eigenvalue weighted by Crippen LogP contribution is -2.09. The van der Waals surface area contributed by atoms with Gasteiger partial charge in [-0.25, -0.2) is 13.2 Å². The number of sulfone groups is 1. The van der Waals surface area contributed by atoms with Gasteiger partial charge in [0, 0.05) is 11.1 Å². The zero-order valence-electron chi connectivity index (χ0n) is 8.76. The van der Waals surface area contributed by atoms with Crippen LogP contribution in [0.2, 0.25) is 0 Å². The first-order valence-electron chi connectivity index (χ1n) is 4.75. The average molecular weight is 323 g/mol. The molecule has 0 saturated heterocycles. The maximum atomic E-state index is 11.8. The summed E-state index contributed by atoms with van der Waals surface area (Å²) in [4.78, 5) is 10.8.